The number of nitrogens with one attached hydrogen (secondary N) is 2. The highest BCUT2D eigenvalue weighted by Crippen LogP contribution is 2.28. The van der Waals surface area contributed by atoms with Crippen LogP contribution >= 0.6 is 0 Å². The molecule has 2 aromatic heterocycles. The second-order valence-electron chi connectivity index (χ2n) is 5.90. The second kappa shape index (κ2) is 7.98. The topological polar surface area (TPSA) is 125 Å². The lowest BCUT2D eigenvalue weighted by Gasteiger charge is -2.38. The number of ether oxygens (including phenoxy) is 1. The SMILES string of the molecule is O[C@@H]1[C@H](O)[C@@H](Nc2cncc(C(F)(F)F)n2)CO[C@@H]1CNc1ccnnc1. The summed E-state index contributed by atoms with van der Waals surface area (Å²) in [6.45, 7) is 0.150. The maximum atomic E-state index is 12.7. The van der Waals surface area contributed by atoms with Crippen molar-refractivity contribution in [3.63, 3.8) is 0 Å². The first-order valence-corrected chi connectivity index (χ1v) is 7.98. The highest BCUT2D eigenvalue weighted by molar-refractivity contribution is 5.39. The summed E-state index contributed by atoms with van der Waals surface area (Å²) in [7, 11) is 0. The third-order valence-electron chi connectivity index (χ3n) is 3.98. The van der Waals surface area contributed by atoms with Crippen molar-refractivity contribution in [2.24, 2.45) is 0 Å². The lowest BCUT2D eigenvalue weighted by atomic mass is 9.98. The Bertz CT molecular complexity index is 751. The average molecular weight is 386 g/mol. The number of hydrogen-bond donors (Lipinski definition) is 4. The van der Waals surface area contributed by atoms with Crippen molar-refractivity contribution in [3.05, 3.63) is 36.5 Å². The van der Waals surface area contributed by atoms with Gasteiger partial charge < -0.3 is 25.6 Å². The molecule has 0 aliphatic carbocycles. The fourth-order valence-corrected chi connectivity index (χ4v) is 2.56. The lowest BCUT2D eigenvalue weighted by Crippen LogP contribution is -2.57. The van der Waals surface area contributed by atoms with Crippen LogP contribution in [0.4, 0.5) is 24.7 Å². The molecule has 3 heterocycles. The number of hydrogen-bond acceptors (Lipinski definition) is 9. The van der Waals surface area contributed by atoms with Crippen LogP contribution in [0.5, 0.6) is 0 Å². The van der Waals surface area contributed by atoms with Gasteiger partial charge in [-0.3, -0.25) is 4.98 Å². The second-order valence-corrected chi connectivity index (χ2v) is 5.90. The van der Waals surface area contributed by atoms with E-state index in [2.05, 4.69) is 30.8 Å². The molecule has 0 unspecified atom stereocenters. The first-order valence-electron chi connectivity index (χ1n) is 7.98. The molecule has 0 radical (unpaired) electrons. The molecule has 4 N–H and O–H groups in total. The van der Waals surface area contributed by atoms with E-state index in [1.807, 2.05) is 0 Å². The number of nitrogens with zero attached hydrogens (tertiary/aromatic N) is 4. The molecular weight excluding hydrogens is 369 g/mol. The molecule has 1 aliphatic heterocycles. The molecule has 9 nitrogen and oxygen atoms in total. The van der Waals surface area contributed by atoms with Gasteiger partial charge in [-0.25, -0.2) is 4.98 Å². The monoisotopic (exact) mass is 386 g/mol. The lowest BCUT2D eigenvalue weighted by molar-refractivity contribution is -0.141. The van der Waals surface area contributed by atoms with E-state index >= 15 is 0 Å². The van der Waals surface area contributed by atoms with Gasteiger partial charge >= 0.3 is 6.18 Å². The van der Waals surface area contributed by atoms with Crippen LogP contribution in [0.15, 0.2) is 30.9 Å². The van der Waals surface area contributed by atoms with Gasteiger partial charge in [0.05, 0.1) is 43.1 Å². The first-order chi connectivity index (χ1) is 12.8. The maximum Gasteiger partial charge on any atom is 0.434 e. The van der Waals surface area contributed by atoms with E-state index in [1.165, 1.54) is 12.4 Å². The summed E-state index contributed by atoms with van der Waals surface area (Å²) < 4.78 is 43.6. The van der Waals surface area contributed by atoms with E-state index in [4.69, 9.17) is 4.74 Å². The summed E-state index contributed by atoms with van der Waals surface area (Å²) in [5.74, 6) is -0.177. The molecule has 146 valence electrons. The summed E-state index contributed by atoms with van der Waals surface area (Å²) in [4.78, 5) is 6.91. The molecule has 0 saturated carbocycles. The van der Waals surface area contributed by atoms with Crippen molar-refractivity contribution in [2.45, 2.75) is 30.5 Å². The Balaban J connectivity index is 1.59. The summed E-state index contributed by atoms with van der Waals surface area (Å²) in [5.41, 5.74) is -0.498. The van der Waals surface area contributed by atoms with Gasteiger partial charge in [-0.1, -0.05) is 0 Å². The van der Waals surface area contributed by atoms with Crippen LogP contribution in [0.2, 0.25) is 0 Å². The zero-order valence-corrected chi connectivity index (χ0v) is 13.8. The largest absolute Gasteiger partial charge is 0.434 e. The molecule has 2 aromatic rings. The quantitative estimate of drug-likeness (QED) is 0.574. The van der Waals surface area contributed by atoms with Crippen LogP contribution in [-0.2, 0) is 10.9 Å². The molecule has 12 heteroatoms. The van der Waals surface area contributed by atoms with Gasteiger partial charge in [-0.2, -0.15) is 23.4 Å². The Morgan fingerprint density at radius 3 is 2.67 bits per heavy atom. The number of aliphatic hydroxyl groups excluding tert-OH is 2. The molecule has 0 amide bonds. The van der Waals surface area contributed by atoms with Crippen molar-refractivity contribution in [1.82, 2.24) is 20.2 Å². The smallest absolute Gasteiger partial charge is 0.388 e. The van der Waals surface area contributed by atoms with Crippen LogP contribution in [0.1, 0.15) is 5.69 Å². The van der Waals surface area contributed by atoms with Gasteiger partial charge in [-0.05, 0) is 6.07 Å². The van der Waals surface area contributed by atoms with Gasteiger partial charge in [0.1, 0.15) is 24.1 Å². The zero-order chi connectivity index (χ0) is 19.4. The molecule has 3 rings (SSSR count). The molecule has 0 bridgehead atoms. The molecule has 27 heavy (non-hydrogen) atoms. The minimum atomic E-state index is -4.63. The third-order valence-corrected chi connectivity index (χ3v) is 3.98. The summed E-state index contributed by atoms with van der Waals surface area (Å²) in [6, 6.07) is 0.826. The maximum absolute atomic E-state index is 12.7. The van der Waals surface area contributed by atoms with Gasteiger partial charge in [0.15, 0.2) is 5.69 Å². The fraction of sp³-hybridized carbons (Fsp3) is 0.467. The van der Waals surface area contributed by atoms with Crippen LogP contribution in [0, 0.1) is 0 Å². The van der Waals surface area contributed by atoms with Crippen LogP contribution in [0.3, 0.4) is 0 Å². The third kappa shape index (κ3) is 4.78. The minimum Gasteiger partial charge on any atom is -0.388 e. The average Bonchev–Trinajstić information content (AvgIpc) is 2.65. The highest BCUT2D eigenvalue weighted by atomic mass is 19.4. The molecular formula is C15H17F3N6O3. The molecule has 4 atom stereocenters. The van der Waals surface area contributed by atoms with Crippen molar-refractivity contribution >= 4 is 11.5 Å². The van der Waals surface area contributed by atoms with Crippen molar-refractivity contribution < 1.29 is 28.1 Å². The Morgan fingerprint density at radius 1 is 1.15 bits per heavy atom. The number of aromatic nitrogens is 4. The van der Waals surface area contributed by atoms with Crippen molar-refractivity contribution in [3.8, 4) is 0 Å². The van der Waals surface area contributed by atoms with Gasteiger partial charge in [0.25, 0.3) is 0 Å². The van der Waals surface area contributed by atoms with E-state index in [1.54, 1.807) is 6.07 Å². The van der Waals surface area contributed by atoms with E-state index in [0.717, 1.165) is 6.20 Å². The molecule has 0 aromatic carbocycles. The summed E-state index contributed by atoms with van der Waals surface area (Å²) >= 11 is 0. The zero-order valence-electron chi connectivity index (χ0n) is 13.8. The standard InChI is InChI=1S/C15H17F3N6O3/c16-15(17,18)11-5-19-6-12(24-11)23-9-7-27-10(14(26)13(9)25)4-20-8-1-2-21-22-3-8/h1-3,5-6,9-10,13-14,25-26H,4,7H2,(H,20,21)(H,23,24)/t9-,10+,13+,14-/m0/s1. The number of rotatable bonds is 5. The van der Waals surface area contributed by atoms with Gasteiger partial charge in [0.2, 0.25) is 0 Å². The van der Waals surface area contributed by atoms with Crippen LogP contribution < -0.4 is 10.6 Å². The number of anilines is 2. The van der Waals surface area contributed by atoms with E-state index in [9.17, 15) is 23.4 Å². The Hall–Kier alpha value is -2.57. The van der Waals surface area contributed by atoms with Crippen LogP contribution in [-0.4, -0.2) is 67.9 Å². The van der Waals surface area contributed by atoms with Gasteiger partial charge in [0, 0.05) is 6.54 Å². The Kier molecular flexibility index (Phi) is 5.68. The predicted octanol–water partition coefficient (Wildman–Crippen LogP) is 0.299. The fourth-order valence-electron chi connectivity index (χ4n) is 2.56. The molecule has 0 spiro atoms. The van der Waals surface area contributed by atoms with E-state index in [-0.39, 0.29) is 19.0 Å². The minimum absolute atomic E-state index is 0.0445. The van der Waals surface area contributed by atoms with E-state index in [0.29, 0.717) is 11.9 Å². The highest BCUT2D eigenvalue weighted by Gasteiger charge is 2.39. The van der Waals surface area contributed by atoms with Crippen LogP contribution in [0.25, 0.3) is 0 Å². The number of aliphatic hydroxyl groups is 2. The first kappa shape index (κ1) is 19.2. The Labute approximate surface area is 151 Å². The predicted molar refractivity (Wildman–Crippen MR) is 86.7 cm³/mol. The molecule has 1 saturated heterocycles. The molecule has 1 fully saturated rings. The number of alkyl halides is 3. The number of halogens is 3. The Morgan fingerprint density at radius 2 is 1.96 bits per heavy atom. The van der Waals surface area contributed by atoms with E-state index < -0.39 is 36.2 Å². The normalized spacial score (nSPS) is 25.8. The summed E-state index contributed by atoms with van der Waals surface area (Å²) in [6.07, 6.45) is -3.23. The van der Waals surface area contributed by atoms with Crippen molar-refractivity contribution in [2.75, 3.05) is 23.8 Å². The van der Waals surface area contributed by atoms with Gasteiger partial charge in [-0.15, -0.1) is 0 Å². The molecule has 1 aliphatic rings. The van der Waals surface area contributed by atoms with Crippen molar-refractivity contribution in [1.29, 1.82) is 0 Å². The summed E-state index contributed by atoms with van der Waals surface area (Å²) in [5, 5.41) is 33.5.